The molecule has 0 saturated heterocycles. The molecule has 1 aromatic heterocycles. The van der Waals surface area contributed by atoms with Gasteiger partial charge in [0.2, 0.25) is 0 Å². The lowest BCUT2D eigenvalue weighted by Crippen LogP contribution is -1.98. The van der Waals surface area contributed by atoms with Crippen molar-refractivity contribution in [2.24, 2.45) is 5.73 Å². The molecule has 0 saturated carbocycles. The minimum atomic E-state index is 0.931. The van der Waals surface area contributed by atoms with E-state index in [-0.39, 0.29) is 0 Å². The zero-order chi connectivity index (χ0) is 8.81. The van der Waals surface area contributed by atoms with Gasteiger partial charge in [0.25, 0.3) is 0 Å². The predicted molar refractivity (Wildman–Crippen MR) is 50.5 cm³/mol. The summed E-state index contributed by atoms with van der Waals surface area (Å²) in [5.74, 6) is 0. The van der Waals surface area contributed by atoms with E-state index in [9.17, 15) is 0 Å². The van der Waals surface area contributed by atoms with Crippen molar-refractivity contribution in [3.05, 3.63) is 41.9 Å². The fraction of sp³-hybridized carbons (Fsp3) is 0.300. The summed E-state index contributed by atoms with van der Waals surface area (Å²) < 4.78 is 0. The molecule has 0 bridgehead atoms. The van der Waals surface area contributed by atoms with Gasteiger partial charge < -0.3 is 5.73 Å². The molecular weight excluding hydrogens is 148 g/mol. The highest BCUT2D eigenvalue weighted by Crippen LogP contribution is 2.03. The second kappa shape index (κ2) is 4.54. The Hall–Kier alpha value is -1.31. The molecule has 2 nitrogen and oxygen atoms in total. The molecule has 0 radical (unpaired) electrons. The van der Waals surface area contributed by atoms with E-state index in [4.69, 9.17) is 5.73 Å². The normalized spacial score (nSPS) is 11.6. The van der Waals surface area contributed by atoms with Crippen molar-refractivity contribution >= 4 is 0 Å². The van der Waals surface area contributed by atoms with E-state index in [2.05, 4.69) is 4.98 Å². The van der Waals surface area contributed by atoms with E-state index in [0.29, 0.717) is 0 Å². The number of rotatable bonds is 3. The summed E-state index contributed by atoms with van der Waals surface area (Å²) in [5, 5.41) is 0. The third-order valence-corrected chi connectivity index (χ3v) is 1.82. The number of hydrogen-bond donors (Lipinski definition) is 1. The summed E-state index contributed by atoms with van der Waals surface area (Å²) in [6.45, 7) is 1.96. The van der Waals surface area contributed by atoms with Gasteiger partial charge in [-0.15, -0.1) is 0 Å². The molecule has 1 aromatic rings. The molecule has 0 unspecified atom stereocenters. The number of hydrogen-bond acceptors (Lipinski definition) is 2. The van der Waals surface area contributed by atoms with Crippen LogP contribution in [0.15, 0.2) is 36.3 Å². The van der Waals surface area contributed by atoms with Gasteiger partial charge in [-0.05, 0) is 37.5 Å². The van der Waals surface area contributed by atoms with Crippen LogP contribution in [0.1, 0.15) is 18.9 Å². The highest BCUT2D eigenvalue weighted by molar-refractivity contribution is 5.11. The van der Waals surface area contributed by atoms with E-state index in [0.717, 1.165) is 18.5 Å². The van der Waals surface area contributed by atoms with Crippen molar-refractivity contribution in [3.63, 3.8) is 0 Å². The Labute approximate surface area is 73.1 Å². The quantitative estimate of drug-likeness (QED) is 0.737. The maximum absolute atomic E-state index is 5.67. The van der Waals surface area contributed by atoms with Crippen LogP contribution in [0.5, 0.6) is 0 Å². The monoisotopic (exact) mass is 162 g/mol. The van der Waals surface area contributed by atoms with Crippen LogP contribution >= 0.6 is 0 Å². The molecule has 0 aliphatic carbocycles. The van der Waals surface area contributed by atoms with Gasteiger partial charge in [-0.3, -0.25) is 4.98 Å². The van der Waals surface area contributed by atoms with Crippen molar-refractivity contribution in [1.29, 1.82) is 0 Å². The molecule has 64 valence electrons. The lowest BCUT2D eigenvalue weighted by molar-refractivity contribution is 0.920. The molecule has 0 aliphatic rings. The van der Waals surface area contributed by atoms with E-state index in [1.807, 2.05) is 25.1 Å². The van der Waals surface area contributed by atoms with Gasteiger partial charge in [0.15, 0.2) is 0 Å². The van der Waals surface area contributed by atoms with Gasteiger partial charge in [0.05, 0.1) is 0 Å². The van der Waals surface area contributed by atoms with Crippen molar-refractivity contribution < 1.29 is 0 Å². The molecule has 0 spiro atoms. The second-order valence-corrected chi connectivity index (χ2v) is 2.72. The molecule has 0 atom stereocenters. The van der Waals surface area contributed by atoms with E-state index in [1.54, 1.807) is 12.4 Å². The summed E-state index contributed by atoms with van der Waals surface area (Å²) in [4.78, 5) is 3.95. The highest BCUT2D eigenvalue weighted by Gasteiger charge is 1.92. The molecular formula is C10H14N2. The maximum atomic E-state index is 5.67. The first kappa shape index (κ1) is 8.78. The Morgan fingerprint density at radius 2 is 2.17 bits per heavy atom. The van der Waals surface area contributed by atoms with Gasteiger partial charge in [-0.1, -0.05) is 6.08 Å². The summed E-state index contributed by atoms with van der Waals surface area (Å²) in [6, 6.07) is 4.03. The number of nitrogens with zero attached hydrogens (tertiary/aromatic N) is 1. The average Bonchev–Trinajstić information content (AvgIpc) is 2.16. The zero-order valence-corrected chi connectivity index (χ0v) is 7.33. The molecule has 1 heterocycles. The van der Waals surface area contributed by atoms with Crippen LogP contribution in [0.2, 0.25) is 0 Å². The zero-order valence-electron chi connectivity index (χ0n) is 7.33. The Bertz CT molecular complexity index is 252. The van der Waals surface area contributed by atoms with Crippen molar-refractivity contribution in [1.82, 2.24) is 4.98 Å². The predicted octanol–water partition coefficient (Wildman–Crippen LogP) is 1.88. The van der Waals surface area contributed by atoms with Crippen LogP contribution in [0.4, 0.5) is 0 Å². The van der Waals surface area contributed by atoms with Gasteiger partial charge >= 0.3 is 0 Å². The summed E-state index contributed by atoms with van der Waals surface area (Å²) in [7, 11) is 0. The van der Waals surface area contributed by atoms with Crippen LogP contribution in [0.3, 0.4) is 0 Å². The Kier molecular flexibility index (Phi) is 3.33. The maximum Gasteiger partial charge on any atom is 0.0270 e. The van der Waals surface area contributed by atoms with Gasteiger partial charge in [-0.25, -0.2) is 0 Å². The number of nitrogens with two attached hydrogens (primary N) is 1. The topological polar surface area (TPSA) is 38.9 Å². The van der Waals surface area contributed by atoms with Crippen LogP contribution in [0.25, 0.3) is 0 Å². The second-order valence-electron chi connectivity index (χ2n) is 2.72. The van der Waals surface area contributed by atoms with Crippen molar-refractivity contribution in [3.8, 4) is 0 Å². The molecule has 12 heavy (non-hydrogen) atoms. The van der Waals surface area contributed by atoms with Crippen LogP contribution in [-0.4, -0.2) is 4.98 Å². The Morgan fingerprint density at radius 1 is 1.50 bits per heavy atom. The van der Waals surface area contributed by atoms with Gasteiger partial charge in [-0.2, -0.15) is 0 Å². The smallest absolute Gasteiger partial charge is 0.0270 e. The summed E-state index contributed by atoms with van der Waals surface area (Å²) in [5.41, 5.74) is 7.90. The minimum Gasteiger partial charge on any atom is -0.402 e. The fourth-order valence-electron chi connectivity index (χ4n) is 0.982. The molecule has 2 heteroatoms. The first-order valence-corrected chi connectivity index (χ1v) is 4.12. The number of aryl methyl sites for hydroxylation is 1. The Morgan fingerprint density at radius 3 is 2.75 bits per heavy atom. The first-order valence-electron chi connectivity index (χ1n) is 4.12. The number of pyridine rings is 1. The van der Waals surface area contributed by atoms with Crippen LogP contribution in [0, 0.1) is 0 Å². The number of allylic oxidation sites excluding steroid dienone is 2. The third kappa shape index (κ3) is 2.74. The van der Waals surface area contributed by atoms with Crippen molar-refractivity contribution in [2.75, 3.05) is 0 Å². The van der Waals surface area contributed by atoms with Gasteiger partial charge in [0.1, 0.15) is 0 Å². The summed E-state index contributed by atoms with van der Waals surface area (Å²) in [6.07, 6.45) is 7.49. The molecule has 2 N–H and O–H groups in total. The summed E-state index contributed by atoms with van der Waals surface area (Å²) >= 11 is 0. The highest BCUT2D eigenvalue weighted by atomic mass is 14.6. The lowest BCUT2D eigenvalue weighted by atomic mass is 10.1. The third-order valence-electron chi connectivity index (χ3n) is 1.82. The van der Waals surface area contributed by atoms with Gasteiger partial charge in [0, 0.05) is 18.1 Å². The number of aromatic nitrogens is 1. The van der Waals surface area contributed by atoms with Crippen molar-refractivity contribution in [2.45, 2.75) is 19.8 Å². The molecule has 0 amide bonds. The minimum absolute atomic E-state index is 0.931. The SMILES string of the molecule is C/C=C(/N)CCc1ccncc1. The lowest BCUT2D eigenvalue weighted by Gasteiger charge is -2.00. The van der Waals surface area contributed by atoms with E-state index >= 15 is 0 Å². The molecule has 1 rings (SSSR count). The fourth-order valence-corrected chi connectivity index (χ4v) is 0.982. The van der Waals surface area contributed by atoms with Crippen LogP contribution in [-0.2, 0) is 6.42 Å². The van der Waals surface area contributed by atoms with E-state index < -0.39 is 0 Å². The standard InChI is InChI=1S/C10H14N2/c1-2-10(11)4-3-9-5-7-12-8-6-9/h2,5-8H,3-4,11H2,1H3/b10-2+. The largest absolute Gasteiger partial charge is 0.402 e. The average molecular weight is 162 g/mol. The molecule has 0 aliphatic heterocycles. The van der Waals surface area contributed by atoms with E-state index in [1.165, 1.54) is 5.56 Å². The molecule has 0 aromatic carbocycles. The molecule has 0 fully saturated rings. The van der Waals surface area contributed by atoms with Crippen LogP contribution < -0.4 is 5.73 Å². The first-order chi connectivity index (χ1) is 5.83. The Balaban J connectivity index is 2.44.